The van der Waals surface area contributed by atoms with E-state index in [1.807, 2.05) is 6.92 Å². The average molecular weight is 138 g/mol. The van der Waals surface area contributed by atoms with Crippen LogP contribution in [-0.4, -0.2) is 11.2 Å². The summed E-state index contributed by atoms with van der Waals surface area (Å²) in [5, 5.41) is 9.30. The van der Waals surface area contributed by atoms with Crippen molar-refractivity contribution in [2.24, 2.45) is 5.41 Å². The molecule has 0 amide bonds. The maximum absolute atomic E-state index is 9.30. The summed E-state index contributed by atoms with van der Waals surface area (Å²) in [6.45, 7) is 1.86. The van der Waals surface area contributed by atoms with Crippen molar-refractivity contribution in [3.05, 3.63) is 0 Å². The van der Waals surface area contributed by atoms with E-state index in [4.69, 9.17) is 6.42 Å². The van der Waals surface area contributed by atoms with Crippen LogP contribution in [0.2, 0.25) is 0 Å². The van der Waals surface area contributed by atoms with Gasteiger partial charge in [-0.05, 0) is 31.6 Å². The Hall–Kier alpha value is -0.480. The summed E-state index contributed by atoms with van der Waals surface area (Å²) in [6, 6.07) is 0. The molecule has 1 rings (SSSR count). The molecule has 10 heavy (non-hydrogen) atoms. The Morgan fingerprint density at radius 1 is 1.70 bits per heavy atom. The van der Waals surface area contributed by atoms with Crippen molar-refractivity contribution in [2.45, 2.75) is 38.7 Å². The van der Waals surface area contributed by atoms with Crippen molar-refractivity contribution in [1.82, 2.24) is 0 Å². The van der Waals surface area contributed by atoms with Gasteiger partial charge >= 0.3 is 0 Å². The van der Waals surface area contributed by atoms with Gasteiger partial charge in [0.05, 0.1) is 6.10 Å². The van der Waals surface area contributed by atoms with E-state index < -0.39 is 0 Å². The van der Waals surface area contributed by atoms with Crippen LogP contribution in [-0.2, 0) is 0 Å². The second-order valence-electron chi connectivity index (χ2n) is 3.24. The molecule has 1 fully saturated rings. The SMILES string of the molecule is C#CCCC1(C(C)O)CC1. The van der Waals surface area contributed by atoms with Crippen LogP contribution in [0.25, 0.3) is 0 Å². The summed E-state index contributed by atoms with van der Waals surface area (Å²) < 4.78 is 0. The van der Waals surface area contributed by atoms with Crippen LogP contribution in [0.5, 0.6) is 0 Å². The van der Waals surface area contributed by atoms with Gasteiger partial charge in [-0.2, -0.15) is 0 Å². The molecule has 1 aliphatic rings. The molecule has 1 atom stereocenters. The maximum Gasteiger partial charge on any atom is 0.0568 e. The van der Waals surface area contributed by atoms with Crippen LogP contribution < -0.4 is 0 Å². The topological polar surface area (TPSA) is 20.2 Å². The van der Waals surface area contributed by atoms with Gasteiger partial charge in [0.15, 0.2) is 0 Å². The van der Waals surface area contributed by atoms with Gasteiger partial charge in [-0.15, -0.1) is 12.3 Å². The van der Waals surface area contributed by atoms with Crippen LogP contribution in [0.15, 0.2) is 0 Å². The van der Waals surface area contributed by atoms with E-state index >= 15 is 0 Å². The second kappa shape index (κ2) is 2.64. The Labute approximate surface area is 62.4 Å². The van der Waals surface area contributed by atoms with Crippen LogP contribution >= 0.6 is 0 Å². The molecule has 0 aliphatic heterocycles. The number of terminal acetylenes is 1. The average Bonchev–Trinajstić information content (AvgIpc) is 2.64. The first-order valence-electron chi connectivity index (χ1n) is 3.83. The summed E-state index contributed by atoms with van der Waals surface area (Å²) in [5.74, 6) is 2.61. The van der Waals surface area contributed by atoms with E-state index in [1.165, 1.54) is 0 Å². The molecule has 56 valence electrons. The number of rotatable bonds is 3. The third kappa shape index (κ3) is 1.33. The van der Waals surface area contributed by atoms with Crippen molar-refractivity contribution in [1.29, 1.82) is 0 Å². The predicted molar refractivity (Wildman–Crippen MR) is 41.4 cm³/mol. The molecule has 0 radical (unpaired) electrons. The molecule has 1 N–H and O–H groups in total. The van der Waals surface area contributed by atoms with Gasteiger partial charge in [0.1, 0.15) is 0 Å². The fourth-order valence-electron chi connectivity index (χ4n) is 1.36. The van der Waals surface area contributed by atoms with Gasteiger partial charge in [0, 0.05) is 6.42 Å². The van der Waals surface area contributed by atoms with E-state index in [1.54, 1.807) is 0 Å². The molecule has 1 saturated carbocycles. The zero-order valence-corrected chi connectivity index (χ0v) is 6.43. The smallest absolute Gasteiger partial charge is 0.0568 e. The Morgan fingerprint density at radius 2 is 2.30 bits per heavy atom. The molecule has 1 heteroatoms. The molecule has 0 spiro atoms. The van der Waals surface area contributed by atoms with Gasteiger partial charge in [0.2, 0.25) is 0 Å². The lowest BCUT2D eigenvalue weighted by Gasteiger charge is -2.16. The Balaban J connectivity index is 2.32. The molecule has 0 aromatic rings. The van der Waals surface area contributed by atoms with E-state index in [0.717, 1.165) is 25.7 Å². The zero-order valence-electron chi connectivity index (χ0n) is 6.43. The molecule has 1 aliphatic carbocycles. The predicted octanol–water partition coefficient (Wildman–Crippen LogP) is 1.56. The summed E-state index contributed by atoms with van der Waals surface area (Å²) in [7, 11) is 0. The summed E-state index contributed by atoms with van der Waals surface area (Å²) in [5.41, 5.74) is 0.215. The number of aliphatic hydroxyl groups excluding tert-OH is 1. The van der Waals surface area contributed by atoms with Crippen molar-refractivity contribution in [3.8, 4) is 12.3 Å². The minimum Gasteiger partial charge on any atom is -0.393 e. The molecule has 0 aromatic carbocycles. The quantitative estimate of drug-likeness (QED) is 0.587. The van der Waals surface area contributed by atoms with Crippen molar-refractivity contribution in [2.75, 3.05) is 0 Å². The first-order chi connectivity index (χ1) is 4.71. The molecule has 0 saturated heterocycles. The van der Waals surface area contributed by atoms with Crippen LogP contribution in [0.1, 0.15) is 32.6 Å². The molecular weight excluding hydrogens is 124 g/mol. The second-order valence-corrected chi connectivity index (χ2v) is 3.24. The fourth-order valence-corrected chi connectivity index (χ4v) is 1.36. The summed E-state index contributed by atoms with van der Waals surface area (Å²) in [4.78, 5) is 0. The third-order valence-electron chi connectivity index (χ3n) is 2.55. The minimum absolute atomic E-state index is 0.166. The van der Waals surface area contributed by atoms with Gasteiger partial charge < -0.3 is 5.11 Å². The largest absolute Gasteiger partial charge is 0.393 e. The molecular formula is C9H14O. The highest BCUT2D eigenvalue weighted by atomic mass is 16.3. The first-order valence-corrected chi connectivity index (χ1v) is 3.83. The van der Waals surface area contributed by atoms with Crippen LogP contribution in [0.4, 0.5) is 0 Å². The number of hydrogen-bond acceptors (Lipinski definition) is 1. The van der Waals surface area contributed by atoms with E-state index in [9.17, 15) is 5.11 Å². The minimum atomic E-state index is -0.166. The van der Waals surface area contributed by atoms with E-state index in [0.29, 0.717) is 0 Å². The lowest BCUT2D eigenvalue weighted by Crippen LogP contribution is -2.17. The Kier molecular flexibility index (Phi) is 2.01. The standard InChI is InChI=1S/C9H14O/c1-3-4-5-9(6-7-9)8(2)10/h1,8,10H,4-7H2,2H3. The maximum atomic E-state index is 9.30. The van der Waals surface area contributed by atoms with E-state index in [2.05, 4.69) is 5.92 Å². The number of aliphatic hydroxyl groups is 1. The Morgan fingerprint density at radius 3 is 2.60 bits per heavy atom. The van der Waals surface area contributed by atoms with Crippen molar-refractivity contribution >= 4 is 0 Å². The van der Waals surface area contributed by atoms with Crippen molar-refractivity contribution < 1.29 is 5.11 Å². The normalized spacial score (nSPS) is 23.3. The fraction of sp³-hybridized carbons (Fsp3) is 0.778. The molecule has 1 nitrogen and oxygen atoms in total. The third-order valence-corrected chi connectivity index (χ3v) is 2.55. The highest BCUT2D eigenvalue weighted by Gasteiger charge is 2.45. The van der Waals surface area contributed by atoms with Gasteiger partial charge in [-0.25, -0.2) is 0 Å². The summed E-state index contributed by atoms with van der Waals surface area (Å²) in [6.07, 6.45) is 9.10. The summed E-state index contributed by atoms with van der Waals surface area (Å²) >= 11 is 0. The lowest BCUT2D eigenvalue weighted by atomic mass is 9.95. The van der Waals surface area contributed by atoms with Gasteiger partial charge in [-0.3, -0.25) is 0 Å². The molecule has 0 heterocycles. The molecule has 0 bridgehead atoms. The zero-order chi connectivity index (χ0) is 7.61. The van der Waals surface area contributed by atoms with Gasteiger partial charge in [0.25, 0.3) is 0 Å². The first kappa shape index (κ1) is 7.63. The van der Waals surface area contributed by atoms with E-state index in [-0.39, 0.29) is 11.5 Å². The monoisotopic (exact) mass is 138 g/mol. The van der Waals surface area contributed by atoms with Crippen molar-refractivity contribution in [3.63, 3.8) is 0 Å². The van der Waals surface area contributed by atoms with Crippen LogP contribution in [0, 0.1) is 17.8 Å². The lowest BCUT2D eigenvalue weighted by molar-refractivity contribution is 0.105. The molecule has 0 aromatic heterocycles. The van der Waals surface area contributed by atoms with Gasteiger partial charge in [-0.1, -0.05) is 0 Å². The highest BCUT2D eigenvalue weighted by Crippen LogP contribution is 2.52. The van der Waals surface area contributed by atoms with Crippen LogP contribution in [0.3, 0.4) is 0 Å². The number of hydrogen-bond donors (Lipinski definition) is 1. The highest BCUT2D eigenvalue weighted by molar-refractivity contribution is 5.00. The molecule has 1 unspecified atom stereocenters. The Bertz CT molecular complexity index is 149.